The van der Waals surface area contributed by atoms with E-state index in [0.29, 0.717) is 0 Å². The maximum absolute atomic E-state index is 9.68. The van der Waals surface area contributed by atoms with Crippen molar-refractivity contribution in [2.24, 2.45) is 11.8 Å². The molecule has 2 atom stereocenters. The van der Waals surface area contributed by atoms with Crippen LogP contribution in [0.1, 0.15) is 54.4 Å². The number of aliphatic hydroxyl groups is 1. The molecule has 0 aromatic heterocycles. The van der Waals surface area contributed by atoms with Crippen molar-refractivity contribution in [3.63, 3.8) is 0 Å². The molecule has 0 aliphatic carbocycles. The minimum Gasteiger partial charge on any atom is -0.392 e. The van der Waals surface area contributed by atoms with Crippen LogP contribution in [0.4, 0.5) is 0 Å². The summed E-state index contributed by atoms with van der Waals surface area (Å²) in [6.45, 7) is 15.3. The highest BCUT2D eigenvalue weighted by Crippen LogP contribution is 2.11. The molecule has 0 aromatic rings. The van der Waals surface area contributed by atoms with E-state index in [1.807, 2.05) is 6.92 Å². The highest BCUT2D eigenvalue weighted by molar-refractivity contribution is 4.73. The summed E-state index contributed by atoms with van der Waals surface area (Å²) < 4.78 is 0. The third-order valence-electron chi connectivity index (χ3n) is 3.26. The predicted octanol–water partition coefficient (Wildman–Crippen LogP) is 3.15. The Kier molecular flexibility index (Phi) is 8.04. The molecule has 0 aliphatic heterocycles. The summed E-state index contributed by atoms with van der Waals surface area (Å²) in [5, 5.41) is 9.68. The lowest BCUT2D eigenvalue weighted by Crippen LogP contribution is -2.42. The van der Waals surface area contributed by atoms with Crippen LogP contribution in [0.25, 0.3) is 0 Å². The van der Waals surface area contributed by atoms with E-state index in [9.17, 15) is 5.11 Å². The molecule has 0 spiro atoms. The maximum Gasteiger partial charge on any atom is 0.0664 e. The van der Waals surface area contributed by atoms with Crippen molar-refractivity contribution < 1.29 is 5.11 Å². The van der Waals surface area contributed by atoms with Crippen LogP contribution in [-0.4, -0.2) is 35.2 Å². The summed E-state index contributed by atoms with van der Waals surface area (Å²) in [5.41, 5.74) is 0. The monoisotopic (exact) mass is 229 g/mol. The van der Waals surface area contributed by atoms with Crippen LogP contribution in [0.3, 0.4) is 0 Å². The Bertz CT molecular complexity index is 154. The molecule has 0 fully saturated rings. The zero-order chi connectivity index (χ0) is 12.7. The van der Waals surface area contributed by atoms with Crippen molar-refractivity contribution in [3.8, 4) is 0 Å². The van der Waals surface area contributed by atoms with Gasteiger partial charge in [-0.3, -0.25) is 4.90 Å². The van der Waals surface area contributed by atoms with E-state index < -0.39 is 0 Å². The second kappa shape index (κ2) is 8.08. The summed E-state index contributed by atoms with van der Waals surface area (Å²) in [7, 11) is 0. The first kappa shape index (κ1) is 15.9. The zero-order valence-corrected chi connectivity index (χ0v) is 12.0. The summed E-state index contributed by atoms with van der Waals surface area (Å²) in [6.07, 6.45) is 2.20. The molecule has 0 amide bonds. The van der Waals surface area contributed by atoms with E-state index in [4.69, 9.17) is 0 Å². The van der Waals surface area contributed by atoms with Gasteiger partial charge in [0.15, 0.2) is 0 Å². The van der Waals surface area contributed by atoms with Gasteiger partial charge in [-0.25, -0.2) is 0 Å². The fourth-order valence-electron chi connectivity index (χ4n) is 1.67. The van der Waals surface area contributed by atoms with Gasteiger partial charge in [0.25, 0.3) is 0 Å². The molecule has 0 aromatic carbocycles. The van der Waals surface area contributed by atoms with Crippen LogP contribution < -0.4 is 0 Å². The SMILES string of the molecule is CC(C)CCN(CCC(C)C)C(C)C(C)O. The average Bonchev–Trinajstić information content (AvgIpc) is 2.16. The first-order valence-corrected chi connectivity index (χ1v) is 6.76. The Morgan fingerprint density at radius 2 is 1.19 bits per heavy atom. The number of nitrogens with zero attached hydrogens (tertiary/aromatic N) is 1. The summed E-state index contributed by atoms with van der Waals surface area (Å²) in [4.78, 5) is 2.44. The quantitative estimate of drug-likeness (QED) is 0.691. The number of aliphatic hydroxyl groups excluding tert-OH is 1. The smallest absolute Gasteiger partial charge is 0.0664 e. The molecular formula is C14H31NO. The lowest BCUT2D eigenvalue weighted by Gasteiger charge is -2.32. The third-order valence-corrected chi connectivity index (χ3v) is 3.26. The van der Waals surface area contributed by atoms with E-state index in [0.717, 1.165) is 24.9 Å². The number of hydrogen-bond donors (Lipinski definition) is 1. The molecule has 0 saturated heterocycles. The van der Waals surface area contributed by atoms with Gasteiger partial charge in [-0.1, -0.05) is 27.7 Å². The molecule has 98 valence electrons. The molecule has 2 heteroatoms. The minimum absolute atomic E-state index is 0.237. The van der Waals surface area contributed by atoms with Gasteiger partial charge in [-0.2, -0.15) is 0 Å². The second-order valence-corrected chi connectivity index (χ2v) is 5.88. The normalized spacial score (nSPS) is 16.1. The van der Waals surface area contributed by atoms with E-state index in [2.05, 4.69) is 39.5 Å². The van der Waals surface area contributed by atoms with E-state index >= 15 is 0 Å². The minimum atomic E-state index is -0.237. The topological polar surface area (TPSA) is 23.5 Å². The van der Waals surface area contributed by atoms with Crippen molar-refractivity contribution in [1.82, 2.24) is 4.90 Å². The molecule has 0 radical (unpaired) electrons. The predicted molar refractivity (Wildman–Crippen MR) is 71.6 cm³/mol. The van der Waals surface area contributed by atoms with Gasteiger partial charge in [0.05, 0.1) is 6.10 Å². The molecule has 0 aliphatic rings. The van der Waals surface area contributed by atoms with Gasteiger partial charge in [0.2, 0.25) is 0 Å². The van der Waals surface area contributed by atoms with Crippen LogP contribution in [-0.2, 0) is 0 Å². The third kappa shape index (κ3) is 7.24. The van der Waals surface area contributed by atoms with Crippen molar-refractivity contribution >= 4 is 0 Å². The molecule has 16 heavy (non-hydrogen) atoms. The Labute approximate surface area is 102 Å². The molecular weight excluding hydrogens is 198 g/mol. The second-order valence-electron chi connectivity index (χ2n) is 5.88. The van der Waals surface area contributed by atoms with Crippen LogP contribution in [0.5, 0.6) is 0 Å². The van der Waals surface area contributed by atoms with Crippen molar-refractivity contribution in [2.75, 3.05) is 13.1 Å². The summed E-state index contributed by atoms with van der Waals surface area (Å²) in [6, 6.07) is 0.275. The zero-order valence-electron chi connectivity index (χ0n) is 12.0. The molecule has 0 rings (SSSR count). The van der Waals surface area contributed by atoms with Gasteiger partial charge in [0, 0.05) is 6.04 Å². The van der Waals surface area contributed by atoms with E-state index in [1.54, 1.807) is 0 Å². The molecule has 0 saturated carbocycles. The number of hydrogen-bond acceptors (Lipinski definition) is 2. The first-order chi connectivity index (χ1) is 7.34. The summed E-state index contributed by atoms with van der Waals surface area (Å²) >= 11 is 0. The highest BCUT2D eigenvalue weighted by Gasteiger charge is 2.18. The van der Waals surface area contributed by atoms with Gasteiger partial charge in [0.1, 0.15) is 0 Å². The van der Waals surface area contributed by atoms with Gasteiger partial charge < -0.3 is 5.11 Å². The largest absolute Gasteiger partial charge is 0.392 e. The Balaban J connectivity index is 4.15. The van der Waals surface area contributed by atoms with Crippen molar-refractivity contribution in [3.05, 3.63) is 0 Å². The van der Waals surface area contributed by atoms with Crippen LogP contribution in [0.15, 0.2) is 0 Å². The lowest BCUT2D eigenvalue weighted by molar-refractivity contribution is 0.0648. The Morgan fingerprint density at radius 1 is 0.812 bits per heavy atom. The number of rotatable bonds is 8. The van der Waals surface area contributed by atoms with Crippen LogP contribution >= 0.6 is 0 Å². The molecule has 0 heterocycles. The van der Waals surface area contributed by atoms with E-state index in [-0.39, 0.29) is 12.1 Å². The Morgan fingerprint density at radius 3 is 1.44 bits per heavy atom. The van der Waals surface area contributed by atoms with E-state index in [1.165, 1.54) is 12.8 Å². The first-order valence-electron chi connectivity index (χ1n) is 6.76. The summed E-state index contributed by atoms with van der Waals surface area (Å²) in [5.74, 6) is 1.48. The van der Waals surface area contributed by atoms with Crippen molar-refractivity contribution in [2.45, 2.75) is 66.5 Å². The van der Waals surface area contributed by atoms with Gasteiger partial charge in [-0.05, 0) is 51.6 Å². The highest BCUT2D eigenvalue weighted by atomic mass is 16.3. The maximum atomic E-state index is 9.68. The van der Waals surface area contributed by atoms with Crippen LogP contribution in [0.2, 0.25) is 0 Å². The lowest BCUT2D eigenvalue weighted by atomic mass is 10.1. The van der Waals surface area contributed by atoms with Gasteiger partial charge >= 0.3 is 0 Å². The van der Waals surface area contributed by atoms with Crippen molar-refractivity contribution in [1.29, 1.82) is 0 Å². The molecule has 2 unspecified atom stereocenters. The standard InChI is InChI=1S/C14H31NO/c1-11(2)7-9-15(10-8-12(3)4)13(5)14(6)16/h11-14,16H,7-10H2,1-6H3. The fourth-order valence-corrected chi connectivity index (χ4v) is 1.67. The molecule has 2 nitrogen and oxygen atoms in total. The fraction of sp³-hybridized carbons (Fsp3) is 1.00. The molecule has 1 N–H and O–H groups in total. The Hall–Kier alpha value is -0.0800. The van der Waals surface area contributed by atoms with Crippen LogP contribution in [0, 0.1) is 11.8 Å². The van der Waals surface area contributed by atoms with Gasteiger partial charge in [-0.15, -0.1) is 0 Å². The molecule has 0 bridgehead atoms. The average molecular weight is 229 g/mol.